The second kappa shape index (κ2) is 9.82. The molecule has 1 N–H and O–H groups in total. The largest absolute Gasteiger partial charge is 0.497 e. The van der Waals surface area contributed by atoms with Gasteiger partial charge in [0.15, 0.2) is 5.96 Å². The molecule has 0 saturated carbocycles. The van der Waals surface area contributed by atoms with Gasteiger partial charge in [0.2, 0.25) is 0 Å². The van der Waals surface area contributed by atoms with Crippen LogP contribution in [0.5, 0.6) is 11.5 Å². The molecule has 2 aromatic heterocycles. The number of fused-ring (bicyclic) bond motifs is 1. The van der Waals surface area contributed by atoms with Gasteiger partial charge in [-0.1, -0.05) is 6.07 Å². The number of rotatable bonds is 8. The lowest BCUT2D eigenvalue weighted by Crippen LogP contribution is -2.38. The fourth-order valence-electron chi connectivity index (χ4n) is 3.17. The molecule has 7 nitrogen and oxygen atoms in total. The van der Waals surface area contributed by atoms with Gasteiger partial charge in [0.25, 0.3) is 0 Å². The molecule has 0 aliphatic rings. The Labute approximate surface area is 172 Å². The third-order valence-electron chi connectivity index (χ3n) is 4.64. The Bertz CT molecular complexity index is 934. The number of methoxy groups -OCH3 is 2. The second-order valence-electron chi connectivity index (χ2n) is 6.72. The lowest BCUT2D eigenvalue weighted by Gasteiger charge is -2.23. The van der Waals surface area contributed by atoms with Gasteiger partial charge in [-0.15, -0.1) is 0 Å². The number of aliphatic imine (C=N–C) groups is 1. The van der Waals surface area contributed by atoms with Gasteiger partial charge in [-0.2, -0.15) is 0 Å². The van der Waals surface area contributed by atoms with E-state index in [-0.39, 0.29) is 0 Å². The van der Waals surface area contributed by atoms with Crippen molar-refractivity contribution in [1.82, 2.24) is 19.6 Å². The summed E-state index contributed by atoms with van der Waals surface area (Å²) in [4.78, 5) is 11.5. The fraction of sp³-hybridized carbons (Fsp3) is 0.364. The maximum absolute atomic E-state index is 5.52. The number of benzene rings is 1. The highest BCUT2D eigenvalue weighted by molar-refractivity contribution is 5.79. The van der Waals surface area contributed by atoms with Gasteiger partial charge in [-0.3, -0.25) is 4.99 Å². The second-order valence-corrected chi connectivity index (χ2v) is 6.72. The molecule has 154 valence electrons. The zero-order valence-corrected chi connectivity index (χ0v) is 17.6. The summed E-state index contributed by atoms with van der Waals surface area (Å²) in [6.07, 6.45) is 4.86. The van der Waals surface area contributed by atoms with Crippen molar-refractivity contribution in [1.29, 1.82) is 0 Å². The Kier molecular flexibility index (Phi) is 6.94. The van der Waals surface area contributed by atoms with E-state index in [0.29, 0.717) is 13.1 Å². The Balaban J connectivity index is 1.67. The lowest BCUT2D eigenvalue weighted by molar-refractivity contribution is 0.382. The summed E-state index contributed by atoms with van der Waals surface area (Å²) in [5.74, 6) is 2.44. The number of hydrogen-bond acceptors (Lipinski definition) is 4. The van der Waals surface area contributed by atoms with Crippen molar-refractivity contribution >= 4 is 11.6 Å². The minimum atomic E-state index is 0.663. The van der Waals surface area contributed by atoms with Crippen LogP contribution < -0.4 is 14.8 Å². The Morgan fingerprint density at radius 2 is 2.07 bits per heavy atom. The summed E-state index contributed by atoms with van der Waals surface area (Å²) in [5.41, 5.74) is 3.07. The van der Waals surface area contributed by atoms with E-state index in [1.807, 2.05) is 54.0 Å². The maximum Gasteiger partial charge on any atom is 0.193 e. The normalized spacial score (nSPS) is 11.5. The molecule has 0 unspecified atom stereocenters. The predicted molar refractivity (Wildman–Crippen MR) is 116 cm³/mol. The molecule has 7 heteroatoms. The zero-order valence-electron chi connectivity index (χ0n) is 17.6. The maximum atomic E-state index is 5.52. The molecule has 0 aliphatic heterocycles. The average Bonchev–Trinajstić information content (AvgIpc) is 3.16. The summed E-state index contributed by atoms with van der Waals surface area (Å²) in [6, 6.07) is 11.9. The van der Waals surface area contributed by atoms with Crippen LogP contribution >= 0.6 is 0 Å². The summed E-state index contributed by atoms with van der Waals surface area (Å²) >= 11 is 0. The van der Waals surface area contributed by atoms with Gasteiger partial charge in [0.05, 0.1) is 19.9 Å². The molecule has 0 fully saturated rings. The van der Waals surface area contributed by atoms with E-state index in [1.54, 1.807) is 14.2 Å². The van der Waals surface area contributed by atoms with Crippen molar-refractivity contribution in [2.24, 2.45) is 4.99 Å². The van der Waals surface area contributed by atoms with Crippen LogP contribution in [0.4, 0.5) is 0 Å². The third-order valence-corrected chi connectivity index (χ3v) is 4.64. The molecule has 0 aliphatic carbocycles. The van der Waals surface area contributed by atoms with Crippen molar-refractivity contribution in [3.63, 3.8) is 0 Å². The summed E-state index contributed by atoms with van der Waals surface area (Å²) in [7, 11) is 5.35. The van der Waals surface area contributed by atoms with Gasteiger partial charge in [0, 0.05) is 57.1 Å². The Morgan fingerprint density at radius 1 is 1.21 bits per heavy atom. The van der Waals surface area contributed by atoms with E-state index >= 15 is 0 Å². The summed E-state index contributed by atoms with van der Waals surface area (Å²) in [5, 5.41) is 3.36. The van der Waals surface area contributed by atoms with Gasteiger partial charge in [0.1, 0.15) is 17.1 Å². The van der Waals surface area contributed by atoms with Crippen molar-refractivity contribution in [2.45, 2.75) is 19.9 Å². The molecule has 2 heterocycles. The minimum absolute atomic E-state index is 0.663. The molecule has 0 saturated heterocycles. The average molecular weight is 396 g/mol. The third kappa shape index (κ3) is 5.19. The van der Waals surface area contributed by atoms with Crippen LogP contribution in [0, 0.1) is 0 Å². The molecule has 0 atom stereocenters. The number of pyridine rings is 1. The van der Waals surface area contributed by atoms with E-state index in [0.717, 1.165) is 47.3 Å². The SMILES string of the molecule is CCNC(=NCCc1cn2ccccc2n1)N(C)Cc1ccc(OC)cc1OC. The number of aromatic nitrogens is 2. The lowest BCUT2D eigenvalue weighted by atomic mass is 10.2. The number of hydrogen-bond donors (Lipinski definition) is 1. The van der Waals surface area contributed by atoms with Gasteiger partial charge < -0.3 is 24.1 Å². The van der Waals surface area contributed by atoms with Crippen LogP contribution in [0.15, 0.2) is 53.8 Å². The first-order chi connectivity index (χ1) is 14.1. The Morgan fingerprint density at radius 3 is 2.79 bits per heavy atom. The smallest absolute Gasteiger partial charge is 0.193 e. The number of imidazole rings is 1. The first kappa shape index (κ1) is 20.5. The van der Waals surface area contributed by atoms with Crippen LogP contribution in [-0.2, 0) is 13.0 Å². The number of nitrogens with one attached hydrogen (secondary N) is 1. The van der Waals surface area contributed by atoms with Crippen LogP contribution in [0.2, 0.25) is 0 Å². The molecule has 29 heavy (non-hydrogen) atoms. The van der Waals surface area contributed by atoms with E-state index < -0.39 is 0 Å². The first-order valence-corrected chi connectivity index (χ1v) is 9.77. The molecule has 0 bridgehead atoms. The van der Waals surface area contributed by atoms with Crippen LogP contribution in [0.3, 0.4) is 0 Å². The Hall–Kier alpha value is -3.22. The number of ether oxygens (including phenoxy) is 2. The van der Waals surface area contributed by atoms with Crippen molar-refractivity contribution in [3.8, 4) is 11.5 Å². The standard InChI is InChI=1S/C22H29N5O2/c1-5-23-22(24-12-11-18-16-27-13-7-6-8-21(27)25-18)26(2)15-17-9-10-19(28-3)14-20(17)29-4/h6-10,13-14,16H,5,11-12,15H2,1-4H3,(H,23,24). The highest BCUT2D eigenvalue weighted by atomic mass is 16.5. The van der Waals surface area contributed by atoms with E-state index in [1.165, 1.54) is 0 Å². The van der Waals surface area contributed by atoms with Gasteiger partial charge in [-0.25, -0.2) is 4.98 Å². The zero-order chi connectivity index (χ0) is 20.6. The van der Waals surface area contributed by atoms with Crippen LogP contribution in [-0.4, -0.2) is 54.6 Å². The highest BCUT2D eigenvalue weighted by Gasteiger charge is 2.11. The molecular weight excluding hydrogens is 366 g/mol. The number of guanidine groups is 1. The van der Waals surface area contributed by atoms with Gasteiger partial charge in [-0.05, 0) is 31.2 Å². The molecule has 3 rings (SSSR count). The molecular formula is C22H29N5O2. The minimum Gasteiger partial charge on any atom is -0.497 e. The summed E-state index contributed by atoms with van der Waals surface area (Å²) in [6.45, 7) is 4.21. The fourth-order valence-corrected chi connectivity index (χ4v) is 3.17. The van der Waals surface area contributed by atoms with Crippen LogP contribution in [0.1, 0.15) is 18.2 Å². The van der Waals surface area contributed by atoms with Crippen molar-refractivity contribution < 1.29 is 9.47 Å². The van der Waals surface area contributed by atoms with Crippen molar-refractivity contribution in [3.05, 3.63) is 60.0 Å². The predicted octanol–water partition coefficient (Wildman–Crippen LogP) is 2.99. The molecule has 1 aromatic carbocycles. The molecule has 0 radical (unpaired) electrons. The van der Waals surface area contributed by atoms with E-state index in [4.69, 9.17) is 14.5 Å². The highest BCUT2D eigenvalue weighted by Crippen LogP contribution is 2.25. The molecule has 3 aromatic rings. The topological polar surface area (TPSA) is 63.4 Å². The number of nitrogens with zero attached hydrogens (tertiary/aromatic N) is 4. The van der Waals surface area contributed by atoms with E-state index in [9.17, 15) is 0 Å². The summed E-state index contributed by atoms with van der Waals surface area (Å²) < 4.78 is 12.8. The molecule has 0 amide bonds. The van der Waals surface area contributed by atoms with E-state index in [2.05, 4.69) is 28.3 Å². The van der Waals surface area contributed by atoms with Crippen LogP contribution in [0.25, 0.3) is 5.65 Å². The monoisotopic (exact) mass is 395 g/mol. The quantitative estimate of drug-likeness (QED) is 0.469. The first-order valence-electron chi connectivity index (χ1n) is 9.77. The van der Waals surface area contributed by atoms with Gasteiger partial charge >= 0.3 is 0 Å². The van der Waals surface area contributed by atoms with Crippen molar-refractivity contribution in [2.75, 3.05) is 34.4 Å². The molecule has 0 spiro atoms.